The molecule has 0 aliphatic carbocycles. The second kappa shape index (κ2) is 8.90. The number of carbonyl (C=O) groups excluding carboxylic acids is 1. The van der Waals surface area contributed by atoms with Crippen molar-refractivity contribution in [2.75, 3.05) is 26.0 Å². The van der Waals surface area contributed by atoms with Gasteiger partial charge in [0.25, 0.3) is 0 Å². The van der Waals surface area contributed by atoms with Gasteiger partial charge in [-0.15, -0.1) is 11.8 Å². The van der Waals surface area contributed by atoms with Gasteiger partial charge in [-0.25, -0.2) is 4.39 Å². The number of ether oxygens (including phenoxy) is 1. The van der Waals surface area contributed by atoms with Gasteiger partial charge in [-0.3, -0.25) is 4.79 Å². The Hall–Kier alpha value is -1.11. The molecule has 0 bridgehead atoms. The Morgan fingerprint density at radius 3 is 2.79 bits per heavy atom. The summed E-state index contributed by atoms with van der Waals surface area (Å²) < 4.78 is 17.4. The van der Waals surface area contributed by atoms with Crippen molar-refractivity contribution in [2.24, 2.45) is 0 Å². The predicted octanol–water partition coefficient (Wildman–Crippen LogP) is 1.43. The van der Waals surface area contributed by atoms with Crippen molar-refractivity contribution < 1.29 is 19.0 Å². The predicted molar refractivity (Wildman–Crippen MR) is 72.6 cm³/mol. The number of thioether (sulfide) groups is 1. The number of aliphatic hydroxyl groups excluding tert-OH is 1. The topological polar surface area (TPSA) is 58.6 Å². The number of aliphatic hydroxyl groups is 1. The Balaban J connectivity index is 2.16. The molecule has 0 heterocycles. The highest BCUT2D eigenvalue weighted by Crippen LogP contribution is 2.17. The molecule has 0 saturated carbocycles. The van der Waals surface area contributed by atoms with E-state index in [-0.39, 0.29) is 24.1 Å². The average molecular weight is 287 g/mol. The van der Waals surface area contributed by atoms with Crippen LogP contribution in [-0.4, -0.2) is 43.1 Å². The number of hydrogen-bond donors (Lipinski definition) is 2. The van der Waals surface area contributed by atoms with Crippen LogP contribution in [0.2, 0.25) is 0 Å². The SMILES string of the molecule is COCC(O)CCNC(=O)CSc1ccc(F)cc1. The van der Waals surface area contributed by atoms with E-state index in [1.165, 1.54) is 31.0 Å². The molecule has 1 aromatic carbocycles. The quantitative estimate of drug-likeness (QED) is 0.710. The van der Waals surface area contributed by atoms with Gasteiger partial charge in [0.1, 0.15) is 5.82 Å². The molecule has 1 atom stereocenters. The van der Waals surface area contributed by atoms with Crippen molar-refractivity contribution in [3.63, 3.8) is 0 Å². The van der Waals surface area contributed by atoms with Crippen LogP contribution in [0.25, 0.3) is 0 Å². The number of halogens is 1. The van der Waals surface area contributed by atoms with E-state index in [0.29, 0.717) is 13.0 Å². The Morgan fingerprint density at radius 1 is 1.47 bits per heavy atom. The Morgan fingerprint density at radius 2 is 2.16 bits per heavy atom. The summed E-state index contributed by atoms with van der Waals surface area (Å²) in [4.78, 5) is 12.3. The van der Waals surface area contributed by atoms with Crippen molar-refractivity contribution in [1.29, 1.82) is 0 Å². The Labute approximate surface area is 116 Å². The molecule has 0 spiro atoms. The van der Waals surface area contributed by atoms with Crippen LogP contribution >= 0.6 is 11.8 Å². The second-order valence-electron chi connectivity index (χ2n) is 3.99. The zero-order chi connectivity index (χ0) is 14.1. The van der Waals surface area contributed by atoms with Crippen molar-refractivity contribution in [3.8, 4) is 0 Å². The maximum absolute atomic E-state index is 12.7. The van der Waals surface area contributed by atoms with Crippen LogP contribution in [0.15, 0.2) is 29.2 Å². The average Bonchev–Trinajstić information content (AvgIpc) is 2.38. The summed E-state index contributed by atoms with van der Waals surface area (Å²) in [6.07, 6.45) is -0.101. The fraction of sp³-hybridized carbons (Fsp3) is 0.462. The summed E-state index contributed by atoms with van der Waals surface area (Å²) in [5.41, 5.74) is 0. The van der Waals surface area contributed by atoms with Crippen LogP contribution < -0.4 is 5.32 Å². The lowest BCUT2D eigenvalue weighted by atomic mass is 10.3. The summed E-state index contributed by atoms with van der Waals surface area (Å²) in [6.45, 7) is 0.674. The standard InChI is InChI=1S/C13H18FNO3S/c1-18-8-11(16)6-7-15-13(17)9-19-12-4-2-10(14)3-5-12/h2-5,11,16H,6-9H2,1H3,(H,15,17). The molecule has 0 aromatic heterocycles. The van der Waals surface area contributed by atoms with Crippen LogP contribution in [0.5, 0.6) is 0 Å². The van der Waals surface area contributed by atoms with Gasteiger partial charge in [0, 0.05) is 18.6 Å². The van der Waals surface area contributed by atoms with Crippen LogP contribution in [-0.2, 0) is 9.53 Å². The molecule has 106 valence electrons. The third-order valence-corrected chi connectivity index (χ3v) is 3.35. The van der Waals surface area contributed by atoms with Gasteiger partial charge in [0.05, 0.1) is 18.5 Å². The molecule has 1 amide bonds. The summed E-state index contributed by atoms with van der Waals surface area (Å²) in [7, 11) is 1.52. The molecule has 1 rings (SSSR count). The monoisotopic (exact) mass is 287 g/mol. The summed E-state index contributed by atoms with van der Waals surface area (Å²) in [5.74, 6) is -0.133. The molecule has 1 unspecified atom stereocenters. The molecule has 2 N–H and O–H groups in total. The highest BCUT2D eigenvalue weighted by Gasteiger charge is 2.06. The van der Waals surface area contributed by atoms with E-state index in [1.54, 1.807) is 12.1 Å². The first kappa shape index (κ1) is 15.9. The molecule has 0 aliphatic heterocycles. The van der Waals surface area contributed by atoms with Crippen molar-refractivity contribution in [3.05, 3.63) is 30.1 Å². The zero-order valence-corrected chi connectivity index (χ0v) is 11.6. The Kier molecular flexibility index (Phi) is 7.47. The van der Waals surface area contributed by atoms with E-state index in [4.69, 9.17) is 4.74 Å². The van der Waals surface area contributed by atoms with E-state index >= 15 is 0 Å². The maximum Gasteiger partial charge on any atom is 0.230 e. The van der Waals surface area contributed by atoms with Crippen LogP contribution in [0, 0.1) is 5.82 Å². The van der Waals surface area contributed by atoms with Crippen molar-refractivity contribution in [2.45, 2.75) is 17.4 Å². The highest BCUT2D eigenvalue weighted by molar-refractivity contribution is 8.00. The lowest BCUT2D eigenvalue weighted by molar-refractivity contribution is -0.118. The molecule has 1 aromatic rings. The minimum atomic E-state index is -0.560. The minimum Gasteiger partial charge on any atom is -0.391 e. The van der Waals surface area contributed by atoms with Crippen molar-refractivity contribution >= 4 is 17.7 Å². The van der Waals surface area contributed by atoms with E-state index < -0.39 is 6.10 Å². The molecule has 4 nitrogen and oxygen atoms in total. The minimum absolute atomic E-state index is 0.112. The van der Waals surface area contributed by atoms with Gasteiger partial charge in [-0.2, -0.15) is 0 Å². The number of hydrogen-bond acceptors (Lipinski definition) is 4. The van der Waals surface area contributed by atoms with Crippen LogP contribution in [0.4, 0.5) is 4.39 Å². The number of nitrogens with one attached hydrogen (secondary N) is 1. The van der Waals surface area contributed by atoms with Gasteiger partial charge < -0.3 is 15.2 Å². The highest BCUT2D eigenvalue weighted by atomic mass is 32.2. The normalized spacial score (nSPS) is 12.2. The lowest BCUT2D eigenvalue weighted by Gasteiger charge is -2.10. The molecule has 0 radical (unpaired) electrons. The van der Waals surface area contributed by atoms with Crippen LogP contribution in [0.3, 0.4) is 0 Å². The maximum atomic E-state index is 12.7. The molecule has 19 heavy (non-hydrogen) atoms. The van der Waals surface area contributed by atoms with Gasteiger partial charge in [0.15, 0.2) is 0 Å². The first-order valence-corrected chi connectivity index (χ1v) is 6.92. The number of rotatable bonds is 8. The molecule has 0 aliphatic rings. The summed E-state index contributed by atoms with van der Waals surface area (Å²) in [6, 6.07) is 5.99. The number of methoxy groups -OCH3 is 1. The summed E-state index contributed by atoms with van der Waals surface area (Å²) in [5, 5.41) is 12.1. The molecular formula is C13H18FNO3S. The lowest BCUT2D eigenvalue weighted by Crippen LogP contribution is -2.29. The van der Waals surface area contributed by atoms with Gasteiger partial charge >= 0.3 is 0 Å². The fourth-order valence-corrected chi connectivity index (χ4v) is 2.11. The smallest absolute Gasteiger partial charge is 0.230 e. The van der Waals surface area contributed by atoms with E-state index in [0.717, 1.165) is 4.90 Å². The zero-order valence-electron chi connectivity index (χ0n) is 10.8. The first-order chi connectivity index (χ1) is 9.11. The number of benzene rings is 1. The third-order valence-electron chi connectivity index (χ3n) is 2.34. The number of carbonyl (C=O) groups is 1. The molecular weight excluding hydrogens is 269 g/mol. The fourth-order valence-electron chi connectivity index (χ4n) is 1.38. The number of amides is 1. The molecule has 0 fully saturated rings. The van der Waals surface area contributed by atoms with E-state index in [1.807, 2.05) is 0 Å². The van der Waals surface area contributed by atoms with Crippen LogP contribution in [0.1, 0.15) is 6.42 Å². The summed E-state index contributed by atoms with van der Waals surface area (Å²) >= 11 is 1.34. The second-order valence-corrected chi connectivity index (χ2v) is 5.04. The third kappa shape index (κ3) is 7.15. The molecule has 6 heteroatoms. The van der Waals surface area contributed by atoms with E-state index in [2.05, 4.69) is 5.32 Å². The van der Waals surface area contributed by atoms with Gasteiger partial charge in [-0.1, -0.05) is 0 Å². The van der Waals surface area contributed by atoms with E-state index in [9.17, 15) is 14.3 Å². The largest absolute Gasteiger partial charge is 0.391 e. The van der Waals surface area contributed by atoms with Gasteiger partial charge in [-0.05, 0) is 30.7 Å². The Bertz CT molecular complexity index is 386. The van der Waals surface area contributed by atoms with Gasteiger partial charge in [0.2, 0.25) is 5.91 Å². The molecule has 0 saturated heterocycles. The first-order valence-electron chi connectivity index (χ1n) is 5.94. The van der Waals surface area contributed by atoms with Crippen molar-refractivity contribution in [1.82, 2.24) is 5.32 Å².